The van der Waals surface area contributed by atoms with E-state index in [9.17, 15) is 9.59 Å². The van der Waals surface area contributed by atoms with Crippen molar-refractivity contribution in [1.82, 2.24) is 0 Å². The number of aryl methyl sites for hydroxylation is 2. The van der Waals surface area contributed by atoms with Crippen LogP contribution in [0.25, 0.3) is 0 Å². The molecule has 1 aromatic rings. The minimum absolute atomic E-state index is 0.211. The smallest absolute Gasteiger partial charge is 0.319 e. The molecule has 0 N–H and O–H groups in total. The van der Waals surface area contributed by atoms with Crippen molar-refractivity contribution in [2.45, 2.75) is 33.1 Å². The van der Waals surface area contributed by atoms with Crippen molar-refractivity contribution in [2.24, 2.45) is 5.92 Å². The van der Waals surface area contributed by atoms with Gasteiger partial charge in [0.1, 0.15) is 5.92 Å². The normalized spacial score (nSPS) is 20.6. The van der Waals surface area contributed by atoms with Crippen molar-refractivity contribution < 1.29 is 14.3 Å². The van der Waals surface area contributed by atoms with Gasteiger partial charge in [-0.15, -0.1) is 0 Å². The van der Waals surface area contributed by atoms with Crippen LogP contribution in [0.4, 0.5) is 5.69 Å². The van der Waals surface area contributed by atoms with E-state index in [1.165, 1.54) is 7.11 Å². The van der Waals surface area contributed by atoms with Gasteiger partial charge in [0, 0.05) is 18.2 Å². The Morgan fingerprint density at radius 2 is 1.80 bits per heavy atom. The molecule has 0 aliphatic carbocycles. The van der Waals surface area contributed by atoms with E-state index in [2.05, 4.69) is 6.07 Å². The summed E-state index contributed by atoms with van der Waals surface area (Å²) in [7, 11) is 3.03. The van der Waals surface area contributed by atoms with Crippen LogP contribution in [0.15, 0.2) is 12.1 Å². The van der Waals surface area contributed by atoms with Crippen LogP contribution >= 0.6 is 0 Å². The summed E-state index contributed by atoms with van der Waals surface area (Å²) in [4.78, 5) is 26.1. The van der Waals surface area contributed by atoms with E-state index < -0.39 is 17.3 Å². The lowest BCUT2D eigenvalue weighted by Crippen LogP contribution is -2.52. The highest BCUT2D eigenvalue weighted by atomic mass is 16.5. The van der Waals surface area contributed by atoms with E-state index in [-0.39, 0.29) is 5.91 Å². The number of hydrogen-bond acceptors (Lipinski definition) is 3. The fraction of sp³-hybridized carbons (Fsp3) is 0.500. The number of amides is 1. The standard InChI is InChI=1S/C16H21NO3/c1-9-7-11-12(8-10(9)2)17(5)14(18)13(15(19)20-6)16(11,3)4/h7-8,13H,1-6H3. The lowest BCUT2D eigenvalue weighted by atomic mass is 9.69. The number of fused-ring (bicyclic) bond motifs is 1. The van der Waals surface area contributed by atoms with Gasteiger partial charge in [-0.2, -0.15) is 0 Å². The van der Waals surface area contributed by atoms with Crippen LogP contribution in [0.3, 0.4) is 0 Å². The molecule has 4 nitrogen and oxygen atoms in total. The number of esters is 1. The molecule has 0 fully saturated rings. The molecule has 1 unspecified atom stereocenters. The number of hydrogen-bond donors (Lipinski definition) is 0. The summed E-state index contributed by atoms with van der Waals surface area (Å²) in [5.74, 6) is -1.49. The number of nitrogens with zero attached hydrogens (tertiary/aromatic N) is 1. The summed E-state index contributed by atoms with van der Waals surface area (Å²) in [6.07, 6.45) is 0. The third-order valence-electron chi connectivity index (χ3n) is 4.40. The Morgan fingerprint density at radius 1 is 1.25 bits per heavy atom. The van der Waals surface area contributed by atoms with Gasteiger partial charge < -0.3 is 9.64 Å². The number of methoxy groups -OCH3 is 1. The van der Waals surface area contributed by atoms with Gasteiger partial charge in [-0.3, -0.25) is 9.59 Å². The number of anilines is 1. The van der Waals surface area contributed by atoms with Gasteiger partial charge in [0.05, 0.1) is 7.11 Å². The third-order valence-corrected chi connectivity index (χ3v) is 4.40. The summed E-state index contributed by atoms with van der Waals surface area (Å²) < 4.78 is 4.83. The van der Waals surface area contributed by atoms with Crippen LogP contribution in [0, 0.1) is 19.8 Å². The molecule has 1 atom stereocenters. The lowest BCUT2D eigenvalue weighted by Gasteiger charge is -2.42. The molecule has 1 amide bonds. The second-order valence-corrected chi connectivity index (χ2v) is 6.03. The van der Waals surface area contributed by atoms with Crippen LogP contribution in [-0.2, 0) is 19.7 Å². The molecule has 2 rings (SSSR count). The van der Waals surface area contributed by atoms with Crippen molar-refractivity contribution >= 4 is 17.6 Å². The molecule has 1 aliphatic heterocycles. The first kappa shape index (κ1) is 14.6. The Kier molecular flexibility index (Phi) is 3.36. The first-order valence-corrected chi connectivity index (χ1v) is 6.69. The Labute approximate surface area is 119 Å². The number of carbonyl (C=O) groups is 2. The minimum Gasteiger partial charge on any atom is -0.468 e. The summed E-state index contributed by atoms with van der Waals surface area (Å²) in [6, 6.07) is 4.08. The average Bonchev–Trinajstić information content (AvgIpc) is 2.38. The molecule has 1 aliphatic rings. The van der Waals surface area contributed by atoms with E-state index in [0.29, 0.717) is 0 Å². The van der Waals surface area contributed by atoms with Gasteiger partial charge in [-0.25, -0.2) is 0 Å². The van der Waals surface area contributed by atoms with Gasteiger partial charge in [-0.1, -0.05) is 19.9 Å². The predicted octanol–water partition coefficient (Wildman–Crippen LogP) is 2.35. The fourth-order valence-electron chi connectivity index (χ4n) is 2.88. The number of benzene rings is 1. The van der Waals surface area contributed by atoms with Gasteiger partial charge in [-0.05, 0) is 36.6 Å². The highest BCUT2D eigenvalue weighted by molar-refractivity contribution is 6.09. The quantitative estimate of drug-likeness (QED) is 0.584. The van der Waals surface area contributed by atoms with Crippen molar-refractivity contribution in [3.63, 3.8) is 0 Å². The molecular weight excluding hydrogens is 254 g/mol. The Morgan fingerprint density at radius 3 is 2.35 bits per heavy atom. The average molecular weight is 275 g/mol. The Bertz CT molecular complexity index is 590. The van der Waals surface area contributed by atoms with E-state index in [1.807, 2.05) is 33.8 Å². The topological polar surface area (TPSA) is 46.6 Å². The molecule has 0 aromatic heterocycles. The zero-order chi connectivity index (χ0) is 15.2. The third kappa shape index (κ3) is 1.90. The van der Waals surface area contributed by atoms with Crippen molar-refractivity contribution in [3.8, 4) is 0 Å². The predicted molar refractivity (Wildman–Crippen MR) is 77.9 cm³/mol. The molecule has 0 radical (unpaired) electrons. The molecular formula is C16H21NO3. The molecule has 4 heteroatoms. The largest absolute Gasteiger partial charge is 0.468 e. The Balaban J connectivity index is 2.70. The minimum atomic E-state index is -0.799. The molecule has 1 heterocycles. The maximum atomic E-state index is 12.5. The van der Waals surface area contributed by atoms with Crippen LogP contribution in [-0.4, -0.2) is 26.0 Å². The maximum absolute atomic E-state index is 12.5. The second kappa shape index (κ2) is 4.62. The summed E-state index contributed by atoms with van der Waals surface area (Å²) in [5.41, 5.74) is 3.60. The molecule has 0 spiro atoms. The summed E-state index contributed by atoms with van der Waals surface area (Å²) >= 11 is 0. The SMILES string of the molecule is COC(=O)C1C(=O)N(C)c2cc(C)c(C)cc2C1(C)C. The van der Waals surface area contributed by atoms with Crippen LogP contribution in [0.1, 0.15) is 30.5 Å². The van der Waals surface area contributed by atoms with Crippen LogP contribution < -0.4 is 4.90 Å². The molecule has 0 bridgehead atoms. The molecule has 0 saturated heterocycles. The summed E-state index contributed by atoms with van der Waals surface area (Å²) in [6.45, 7) is 7.91. The zero-order valence-electron chi connectivity index (χ0n) is 12.9. The van der Waals surface area contributed by atoms with Gasteiger partial charge >= 0.3 is 5.97 Å². The first-order valence-electron chi connectivity index (χ1n) is 6.69. The highest BCUT2D eigenvalue weighted by Gasteiger charge is 2.49. The summed E-state index contributed by atoms with van der Waals surface area (Å²) in [5, 5.41) is 0. The van der Waals surface area contributed by atoms with E-state index >= 15 is 0 Å². The van der Waals surface area contributed by atoms with Gasteiger partial charge in [0.25, 0.3) is 0 Å². The van der Waals surface area contributed by atoms with Crippen molar-refractivity contribution in [2.75, 3.05) is 19.1 Å². The van der Waals surface area contributed by atoms with E-state index in [0.717, 1.165) is 22.4 Å². The van der Waals surface area contributed by atoms with E-state index in [4.69, 9.17) is 4.74 Å². The number of carbonyl (C=O) groups excluding carboxylic acids is 2. The van der Waals surface area contributed by atoms with Crippen LogP contribution in [0.5, 0.6) is 0 Å². The van der Waals surface area contributed by atoms with Gasteiger partial charge in [0.2, 0.25) is 5.91 Å². The van der Waals surface area contributed by atoms with Gasteiger partial charge in [0.15, 0.2) is 0 Å². The molecule has 0 saturated carbocycles. The monoisotopic (exact) mass is 275 g/mol. The molecule has 1 aromatic carbocycles. The zero-order valence-corrected chi connectivity index (χ0v) is 12.9. The second-order valence-electron chi connectivity index (χ2n) is 6.03. The molecule has 20 heavy (non-hydrogen) atoms. The van der Waals surface area contributed by atoms with E-state index in [1.54, 1.807) is 11.9 Å². The maximum Gasteiger partial charge on any atom is 0.319 e. The Hall–Kier alpha value is -1.84. The van der Waals surface area contributed by atoms with Crippen molar-refractivity contribution in [1.29, 1.82) is 0 Å². The first-order chi connectivity index (χ1) is 9.21. The number of rotatable bonds is 1. The van der Waals surface area contributed by atoms with Crippen molar-refractivity contribution in [3.05, 3.63) is 28.8 Å². The van der Waals surface area contributed by atoms with Crippen LogP contribution in [0.2, 0.25) is 0 Å². The highest BCUT2D eigenvalue weighted by Crippen LogP contribution is 2.44. The number of ether oxygens (including phenoxy) is 1. The lowest BCUT2D eigenvalue weighted by molar-refractivity contribution is -0.152. The molecule has 108 valence electrons. The fourth-order valence-corrected chi connectivity index (χ4v) is 2.88.